The van der Waals surface area contributed by atoms with Gasteiger partial charge in [-0.15, -0.1) is 11.3 Å². The van der Waals surface area contributed by atoms with E-state index < -0.39 is 0 Å². The molecule has 1 aromatic carbocycles. The normalized spacial score (nSPS) is 14.6. The molecule has 0 unspecified atom stereocenters. The first kappa shape index (κ1) is 23.3. The average molecular weight is 470 g/mol. The van der Waals surface area contributed by atoms with Crippen LogP contribution in [0.1, 0.15) is 47.8 Å². The number of nitrogens with zero attached hydrogens (tertiary/aromatic N) is 2. The Hall–Kier alpha value is -2.84. The molecule has 3 aromatic rings. The van der Waals surface area contributed by atoms with E-state index in [0.717, 1.165) is 28.0 Å². The van der Waals surface area contributed by atoms with Gasteiger partial charge in [0.1, 0.15) is 11.4 Å². The molecule has 33 heavy (non-hydrogen) atoms. The quantitative estimate of drug-likeness (QED) is 0.528. The molecule has 4 rings (SSSR count). The highest BCUT2D eigenvalue weighted by atomic mass is 32.1. The van der Waals surface area contributed by atoms with Crippen LogP contribution in [0.25, 0.3) is 10.2 Å². The molecule has 8 heteroatoms. The van der Waals surface area contributed by atoms with Crippen LogP contribution in [-0.2, 0) is 17.9 Å². The Balaban J connectivity index is 1.59. The molecule has 1 fully saturated rings. The molecular weight excluding hydrogens is 438 g/mol. The van der Waals surface area contributed by atoms with E-state index in [9.17, 15) is 14.7 Å². The van der Waals surface area contributed by atoms with Crippen LogP contribution in [0, 0.1) is 5.92 Å². The van der Waals surface area contributed by atoms with Crippen LogP contribution in [0.2, 0.25) is 0 Å². The summed E-state index contributed by atoms with van der Waals surface area (Å²) < 4.78 is 8.22. The van der Waals surface area contributed by atoms with Gasteiger partial charge in [-0.3, -0.25) is 9.59 Å². The van der Waals surface area contributed by atoms with Crippen LogP contribution in [-0.4, -0.2) is 53.1 Å². The van der Waals surface area contributed by atoms with Crippen molar-refractivity contribution in [2.24, 2.45) is 5.92 Å². The summed E-state index contributed by atoms with van der Waals surface area (Å²) in [6.45, 7) is 4.13. The third-order valence-corrected chi connectivity index (χ3v) is 7.29. The summed E-state index contributed by atoms with van der Waals surface area (Å²) in [5, 5.41) is 15.1. The van der Waals surface area contributed by atoms with Gasteiger partial charge < -0.3 is 24.6 Å². The van der Waals surface area contributed by atoms with Gasteiger partial charge in [-0.05, 0) is 48.4 Å². The maximum atomic E-state index is 13.7. The maximum Gasteiger partial charge on any atom is 0.270 e. The molecule has 176 valence electrons. The van der Waals surface area contributed by atoms with Crippen LogP contribution < -0.4 is 10.1 Å². The molecule has 0 atom stereocenters. The van der Waals surface area contributed by atoms with Crippen LogP contribution >= 0.6 is 11.3 Å². The molecule has 0 spiro atoms. The van der Waals surface area contributed by atoms with Crippen LogP contribution in [0.3, 0.4) is 0 Å². The summed E-state index contributed by atoms with van der Waals surface area (Å²) in [5.74, 6) is 0.740. The number of methoxy groups -OCH3 is 1. The maximum absolute atomic E-state index is 13.7. The lowest BCUT2D eigenvalue weighted by molar-refractivity contribution is -0.126. The number of rotatable bonds is 8. The number of ether oxygens (including phenoxy) is 1. The number of aliphatic hydroxyl groups is 1. The van der Waals surface area contributed by atoms with E-state index in [2.05, 4.69) is 5.32 Å². The number of thiophene rings is 1. The monoisotopic (exact) mass is 469 g/mol. The lowest BCUT2D eigenvalue weighted by Gasteiger charge is -2.32. The largest absolute Gasteiger partial charge is 0.497 e. The number of carbonyl (C=O) groups excluding carboxylic acids is 2. The predicted molar refractivity (Wildman–Crippen MR) is 130 cm³/mol. The Labute approximate surface area is 198 Å². The zero-order valence-corrected chi connectivity index (χ0v) is 20.0. The first-order valence-corrected chi connectivity index (χ1v) is 12.3. The molecule has 1 aliphatic rings. The van der Waals surface area contributed by atoms with Crippen molar-refractivity contribution in [2.75, 3.05) is 26.7 Å². The Morgan fingerprint density at radius 1 is 1.18 bits per heavy atom. The van der Waals surface area contributed by atoms with Crippen molar-refractivity contribution in [1.29, 1.82) is 0 Å². The molecule has 2 N–H and O–H groups in total. The zero-order valence-electron chi connectivity index (χ0n) is 19.2. The molecule has 0 radical (unpaired) electrons. The summed E-state index contributed by atoms with van der Waals surface area (Å²) >= 11 is 1.54. The van der Waals surface area contributed by atoms with Crippen molar-refractivity contribution >= 4 is 33.4 Å². The number of likely N-dealkylation sites (tertiary alicyclic amines) is 1. The van der Waals surface area contributed by atoms with Gasteiger partial charge in [0.15, 0.2) is 0 Å². The minimum absolute atomic E-state index is 0.0486. The van der Waals surface area contributed by atoms with E-state index in [0.29, 0.717) is 50.3 Å². The second-order valence-electron chi connectivity index (χ2n) is 8.41. The molecular formula is C25H31N3O4S. The minimum Gasteiger partial charge on any atom is -0.497 e. The topological polar surface area (TPSA) is 83.8 Å². The second kappa shape index (κ2) is 10.4. The van der Waals surface area contributed by atoms with Crippen molar-refractivity contribution < 1.29 is 19.4 Å². The summed E-state index contributed by atoms with van der Waals surface area (Å²) in [6, 6.07) is 9.80. The number of benzene rings is 1. The molecule has 2 amide bonds. The SMILES string of the molecule is CCCNC(=O)C1CCN(C(=O)c2c(CO)c3sccc3n2Cc2ccc(OC)cc2)CC1. The molecule has 2 aromatic heterocycles. The van der Waals surface area contributed by atoms with Gasteiger partial charge in [-0.25, -0.2) is 0 Å². The third kappa shape index (κ3) is 4.77. The Bertz CT molecular complexity index is 1110. The highest BCUT2D eigenvalue weighted by Gasteiger charge is 2.31. The number of fused-ring (bicyclic) bond motifs is 1. The standard InChI is InChI=1S/C25H31N3O4S/c1-3-11-26-24(30)18-8-12-27(13-9-18)25(31)22-20(16-29)23-21(10-14-33-23)28(22)15-17-4-6-19(32-2)7-5-17/h4-7,10,14,18,29H,3,8-9,11-13,15-16H2,1-2H3,(H,26,30). The van der Waals surface area contributed by atoms with Gasteiger partial charge >= 0.3 is 0 Å². The average Bonchev–Trinajstić information content (AvgIpc) is 3.44. The van der Waals surface area contributed by atoms with Gasteiger partial charge in [-0.1, -0.05) is 19.1 Å². The number of amides is 2. The second-order valence-corrected chi connectivity index (χ2v) is 9.33. The highest BCUT2D eigenvalue weighted by molar-refractivity contribution is 7.17. The fourth-order valence-electron chi connectivity index (χ4n) is 4.49. The molecule has 1 saturated heterocycles. The first-order valence-electron chi connectivity index (χ1n) is 11.5. The highest BCUT2D eigenvalue weighted by Crippen LogP contribution is 2.33. The smallest absolute Gasteiger partial charge is 0.270 e. The molecule has 7 nitrogen and oxygen atoms in total. The number of aromatic nitrogens is 1. The summed E-state index contributed by atoms with van der Waals surface area (Å²) in [6.07, 6.45) is 2.22. The van der Waals surface area contributed by atoms with E-state index in [1.807, 2.05) is 52.1 Å². The van der Waals surface area contributed by atoms with Crippen LogP contribution in [0.15, 0.2) is 35.7 Å². The predicted octanol–water partition coefficient (Wildman–Crippen LogP) is 3.63. The van der Waals surface area contributed by atoms with Crippen molar-refractivity contribution in [3.63, 3.8) is 0 Å². The first-order chi connectivity index (χ1) is 16.1. The van der Waals surface area contributed by atoms with Gasteiger partial charge in [0.2, 0.25) is 5.91 Å². The van der Waals surface area contributed by atoms with Gasteiger partial charge in [-0.2, -0.15) is 0 Å². The summed E-state index contributed by atoms with van der Waals surface area (Å²) in [7, 11) is 1.64. The molecule has 3 heterocycles. The number of piperidine rings is 1. The molecule has 0 aliphatic carbocycles. The van der Waals surface area contributed by atoms with E-state index in [4.69, 9.17) is 4.74 Å². The van der Waals surface area contributed by atoms with Crippen molar-refractivity contribution in [1.82, 2.24) is 14.8 Å². The number of aliphatic hydroxyl groups excluding tert-OH is 1. The fourth-order valence-corrected chi connectivity index (χ4v) is 5.42. The van der Waals surface area contributed by atoms with Crippen LogP contribution in [0.4, 0.5) is 0 Å². The van der Waals surface area contributed by atoms with Gasteiger partial charge in [0, 0.05) is 37.7 Å². The van der Waals surface area contributed by atoms with Crippen molar-refractivity contribution in [2.45, 2.75) is 39.3 Å². The summed E-state index contributed by atoms with van der Waals surface area (Å²) in [5.41, 5.74) is 3.23. The number of hydrogen-bond acceptors (Lipinski definition) is 5. The van der Waals surface area contributed by atoms with Crippen molar-refractivity contribution in [3.05, 3.63) is 52.5 Å². The minimum atomic E-state index is -0.191. The summed E-state index contributed by atoms with van der Waals surface area (Å²) in [4.78, 5) is 27.8. The van der Waals surface area contributed by atoms with Crippen LogP contribution in [0.5, 0.6) is 5.75 Å². The Morgan fingerprint density at radius 3 is 2.55 bits per heavy atom. The van der Waals surface area contributed by atoms with Gasteiger partial charge in [0.25, 0.3) is 5.91 Å². The van der Waals surface area contributed by atoms with E-state index in [1.54, 1.807) is 18.4 Å². The van der Waals surface area contributed by atoms with E-state index >= 15 is 0 Å². The number of hydrogen-bond donors (Lipinski definition) is 2. The lowest BCUT2D eigenvalue weighted by Crippen LogP contribution is -2.43. The zero-order chi connectivity index (χ0) is 23.4. The lowest BCUT2D eigenvalue weighted by atomic mass is 9.95. The molecule has 0 saturated carbocycles. The molecule has 1 aliphatic heterocycles. The Kier molecular flexibility index (Phi) is 7.35. The van der Waals surface area contributed by atoms with E-state index in [-0.39, 0.29) is 24.3 Å². The fraction of sp³-hybridized carbons (Fsp3) is 0.440. The number of carbonyl (C=O) groups is 2. The van der Waals surface area contributed by atoms with Crippen molar-refractivity contribution in [3.8, 4) is 5.75 Å². The molecule has 0 bridgehead atoms. The third-order valence-electron chi connectivity index (χ3n) is 6.33. The van der Waals surface area contributed by atoms with E-state index in [1.165, 1.54) is 0 Å². The Morgan fingerprint density at radius 2 is 1.91 bits per heavy atom. The number of nitrogens with one attached hydrogen (secondary N) is 1. The van der Waals surface area contributed by atoms with Gasteiger partial charge in [0.05, 0.1) is 23.9 Å².